The van der Waals surface area contributed by atoms with Crippen molar-refractivity contribution in [3.05, 3.63) is 29.8 Å². The predicted octanol–water partition coefficient (Wildman–Crippen LogP) is 3.54. The van der Waals surface area contributed by atoms with Crippen LogP contribution in [0.4, 0.5) is 15.3 Å². The maximum Gasteiger partial charge on any atom is 0.407 e. The van der Waals surface area contributed by atoms with E-state index in [0.717, 1.165) is 25.7 Å². The number of hydrogen-bond acceptors (Lipinski definition) is 4. The number of carbonyl (C=O) groups excluding carboxylic acids is 3. The van der Waals surface area contributed by atoms with Gasteiger partial charge in [-0.2, -0.15) is 0 Å². The number of urea groups is 1. The van der Waals surface area contributed by atoms with Crippen molar-refractivity contribution in [2.45, 2.75) is 58.9 Å². The van der Waals surface area contributed by atoms with Gasteiger partial charge in [-0.15, -0.1) is 0 Å². The number of likely N-dealkylation sites (tertiary alicyclic amines) is 2. The number of nitrogens with zero attached hydrogens (tertiary/aromatic N) is 3. The highest BCUT2D eigenvalue weighted by Gasteiger charge is 2.47. The fraction of sp³-hybridized carbons (Fsp3) is 0.600. The Balaban J connectivity index is 1.43. The zero-order valence-corrected chi connectivity index (χ0v) is 20.2. The van der Waals surface area contributed by atoms with Crippen LogP contribution in [0.3, 0.4) is 0 Å². The van der Waals surface area contributed by atoms with Crippen LogP contribution in [0.5, 0.6) is 0 Å². The quantitative estimate of drug-likeness (QED) is 0.687. The lowest BCUT2D eigenvalue weighted by Gasteiger charge is -2.52. The van der Waals surface area contributed by atoms with Crippen LogP contribution >= 0.6 is 0 Å². The minimum Gasteiger partial charge on any atom is -0.465 e. The zero-order valence-electron chi connectivity index (χ0n) is 20.2. The van der Waals surface area contributed by atoms with Crippen molar-refractivity contribution in [2.24, 2.45) is 10.8 Å². The summed E-state index contributed by atoms with van der Waals surface area (Å²) in [7, 11) is 0. The molecule has 2 N–H and O–H groups in total. The second kappa shape index (κ2) is 8.92. The summed E-state index contributed by atoms with van der Waals surface area (Å²) in [5.74, 6) is -0.362. The normalized spacial score (nSPS) is 23.1. The molecule has 0 radical (unpaired) electrons. The minimum atomic E-state index is -0.853. The maximum atomic E-state index is 13.3. The Kier molecular flexibility index (Phi) is 6.31. The molecular weight excluding hydrogens is 436 g/mol. The standard InChI is InChI=1S/C25H34N4O5/c1-24(2,3)19-16-25(10-14-29(19)23(33)34)8-12-27(13-9-25)21(31)17-5-4-6-18(15-17)28-11-7-20(30)26-22(28)32/h4-6,15,19H,7-14,16H2,1-3H3,(H,33,34)(H,26,30,32). The molecular formula is C25H34N4O5. The SMILES string of the molecule is CC(C)(C)C1CC2(CCN(C(=O)c3cccc(N4CCC(=O)NC4=O)c3)CC2)CCN1C(=O)O. The summed E-state index contributed by atoms with van der Waals surface area (Å²) < 4.78 is 0. The Bertz CT molecular complexity index is 993. The molecule has 34 heavy (non-hydrogen) atoms. The number of carbonyl (C=O) groups is 4. The van der Waals surface area contributed by atoms with E-state index in [4.69, 9.17) is 0 Å². The number of benzene rings is 1. The Hall–Kier alpha value is -3.10. The van der Waals surface area contributed by atoms with Crippen molar-refractivity contribution in [2.75, 3.05) is 31.1 Å². The Morgan fingerprint density at radius 3 is 2.35 bits per heavy atom. The number of hydrogen-bond donors (Lipinski definition) is 2. The lowest BCUT2D eigenvalue weighted by molar-refractivity contribution is -0.120. The van der Waals surface area contributed by atoms with E-state index in [-0.39, 0.29) is 41.7 Å². The van der Waals surface area contributed by atoms with Crippen LogP contribution in [-0.2, 0) is 4.79 Å². The first-order valence-corrected chi connectivity index (χ1v) is 12.0. The van der Waals surface area contributed by atoms with Gasteiger partial charge in [0.25, 0.3) is 5.91 Å². The highest BCUT2D eigenvalue weighted by Crippen LogP contribution is 2.47. The van der Waals surface area contributed by atoms with Gasteiger partial charge in [0.1, 0.15) is 0 Å². The summed E-state index contributed by atoms with van der Waals surface area (Å²) in [4.78, 5) is 53.6. The maximum absolute atomic E-state index is 13.3. The molecule has 3 saturated heterocycles. The lowest BCUT2D eigenvalue weighted by Crippen LogP contribution is -2.56. The van der Waals surface area contributed by atoms with Gasteiger partial charge in [-0.25, -0.2) is 9.59 Å². The van der Waals surface area contributed by atoms with Crippen LogP contribution in [0.2, 0.25) is 0 Å². The van der Waals surface area contributed by atoms with Gasteiger partial charge >= 0.3 is 12.1 Å². The zero-order chi connectivity index (χ0) is 24.7. The monoisotopic (exact) mass is 470 g/mol. The summed E-state index contributed by atoms with van der Waals surface area (Å²) in [6.45, 7) is 8.37. The molecule has 3 fully saturated rings. The average molecular weight is 471 g/mol. The summed E-state index contributed by atoms with van der Waals surface area (Å²) in [5, 5.41) is 12.0. The molecule has 9 nitrogen and oxygen atoms in total. The van der Waals surface area contributed by atoms with Crippen LogP contribution in [0.1, 0.15) is 63.2 Å². The van der Waals surface area contributed by atoms with Gasteiger partial charge in [-0.3, -0.25) is 19.8 Å². The van der Waals surface area contributed by atoms with Gasteiger partial charge < -0.3 is 14.9 Å². The molecule has 4 rings (SSSR count). The second-order valence-electron chi connectivity index (χ2n) is 10.9. The molecule has 3 aliphatic heterocycles. The van der Waals surface area contributed by atoms with Crippen LogP contribution < -0.4 is 10.2 Å². The average Bonchev–Trinajstić information content (AvgIpc) is 2.78. The van der Waals surface area contributed by atoms with Crippen LogP contribution in [0.25, 0.3) is 0 Å². The number of amides is 5. The van der Waals surface area contributed by atoms with E-state index < -0.39 is 12.1 Å². The Morgan fingerprint density at radius 1 is 1.06 bits per heavy atom. The summed E-state index contributed by atoms with van der Waals surface area (Å²) in [6.07, 6.45) is 2.74. The number of imide groups is 1. The van der Waals surface area contributed by atoms with Crippen molar-refractivity contribution in [1.82, 2.24) is 15.1 Å². The molecule has 1 spiro atoms. The fourth-order valence-corrected chi connectivity index (χ4v) is 5.58. The molecule has 5 amide bonds. The third-order valence-electron chi connectivity index (χ3n) is 7.70. The Labute approximate surface area is 200 Å². The van der Waals surface area contributed by atoms with Gasteiger partial charge in [0.15, 0.2) is 0 Å². The fourth-order valence-electron chi connectivity index (χ4n) is 5.58. The molecule has 1 unspecified atom stereocenters. The number of piperidine rings is 2. The molecule has 0 aromatic heterocycles. The van der Waals surface area contributed by atoms with Crippen molar-refractivity contribution in [1.29, 1.82) is 0 Å². The van der Waals surface area contributed by atoms with Crippen molar-refractivity contribution >= 4 is 29.6 Å². The van der Waals surface area contributed by atoms with Crippen LogP contribution in [0.15, 0.2) is 24.3 Å². The van der Waals surface area contributed by atoms with Gasteiger partial charge in [-0.05, 0) is 54.7 Å². The predicted molar refractivity (Wildman–Crippen MR) is 127 cm³/mol. The third kappa shape index (κ3) is 4.74. The third-order valence-corrected chi connectivity index (χ3v) is 7.70. The molecule has 9 heteroatoms. The second-order valence-corrected chi connectivity index (χ2v) is 10.9. The first kappa shape index (κ1) is 24.0. The molecule has 1 atom stereocenters. The van der Waals surface area contributed by atoms with Crippen molar-refractivity contribution in [3.63, 3.8) is 0 Å². The summed E-state index contributed by atoms with van der Waals surface area (Å²) >= 11 is 0. The van der Waals surface area contributed by atoms with Gasteiger partial charge in [0.2, 0.25) is 5.91 Å². The number of anilines is 1. The molecule has 3 aliphatic rings. The first-order valence-electron chi connectivity index (χ1n) is 12.0. The van der Waals surface area contributed by atoms with E-state index in [0.29, 0.717) is 30.9 Å². The molecule has 184 valence electrons. The molecule has 1 aromatic carbocycles. The number of rotatable bonds is 2. The number of carboxylic acid groups (broad SMARTS) is 1. The van der Waals surface area contributed by atoms with E-state index in [1.165, 1.54) is 4.90 Å². The smallest absolute Gasteiger partial charge is 0.407 e. The van der Waals surface area contributed by atoms with E-state index in [9.17, 15) is 24.3 Å². The summed E-state index contributed by atoms with van der Waals surface area (Å²) in [6, 6.07) is 6.47. The molecule has 3 heterocycles. The van der Waals surface area contributed by atoms with Crippen molar-refractivity contribution in [3.8, 4) is 0 Å². The molecule has 0 bridgehead atoms. The topological polar surface area (TPSA) is 110 Å². The molecule has 0 aliphatic carbocycles. The highest BCUT2D eigenvalue weighted by molar-refractivity contribution is 6.06. The first-order chi connectivity index (χ1) is 16.0. The minimum absolute atomic E-state index is 0.0414. The number of nitrogens with one attached hydrogen (secondary N) is 1. The Morgan fingerprint density at radius 2 is 1.74 bits per heavy atom. The van der Waals surface area contributed by atoms with Crippen LogP contribution in [-0.4, -0.2) is 71.1 Å². The van der Waals surface area contributed by atoms with Gasteiger partial charge in [0.05, 0.1) is 0 Å². The van der Waals surface area contributed by atoms with Gasteiger partial charge in [-0.1, -0.05) is 26.8 Å². The van der Waals surface area contributed by atoms with Gasteiger partial charge in [0, 0.05) is 49.9 Å². The van der Waals surface area contributed by atoms with E-state index in [2.05, 4.69) is 26.1 Å². The van der Waals surface area contributed by atoms with E-state index in [1.807, 2.05) is 4.90 Å². The largest absolute Gasteiger partial charge is 0.465 e. The van der Waals surface area contributed by atoms with Crippen LogP contribution in [0, 0.1) is 10.8 Å². The molecule has 1 aromatic rings. The lowest BCUT2D eigenvalue weighted by atomic mass is 9.65. The highest BCUT2D eigenvalue weighted by atomic mass is 16.4. The summed E-state index contributed by atoms with van der Waals surface area (Å²) in [5.41, 5.74) is 1.02. The molecule has 0 saturated carbocycles. The van der Waals surface area contributed by atoms with E-state index >= 15 is 0 Å². The van der Waals surface area contributed by atoms with Crippen molar-refractivity contribution < 1.29 is 24.3 Å². The van der Waals surface area contributed by atoms with E-state index in [1.54, 1.807) is 29.2 Å².